The summed E-state index contributed by atoms with van der Waals surface area (Å²) in [5, 5.41) is 6.37. The molecule has 126 valence electrons. The van der Waals surface area contributed by atoms with Crippen LogP contribution < -0.4 is 15.5 Å². The van der Waals surface area contributed by atoms with Crippen molar-refractivity contribution in [2.75, 3.05) is 32.1 Å². The van der Waals surface area contributed by atoms with Gasteiger partial charge in [0.25, 0.3) is 0 Å². The standard InChI is InChI=1S/C16H25N3O.2ClH/c1-19(2)15-6-4-3-5-14(15)12-18-16(20)8-7-13-9-10-17-11-13;;/h3-6,13,17H,7-12H2,1-2H3,(H,18,20);2*1H. The van der Waals surface area contributed by atoms with Crippen molar-refractivity contribution < 1.29 is 4.79 Å². The van der Waals surface area contributed by atoms with Crippen LogP contribution in [0.2, 0.25) is 0 Å². The molecule has 1 aromatic carbocycles. The second kappa shape index (κ2) is 10.7. The average Bonchev–Trinajstić information content (AvgIpc) is 2.96. The van der Waals surface area contributed by atoms with E-state index < -0.39 is 0 Å². The molecule has 1 aliphatic rings. The summed E-state index contributed by atoms with van der Waals surface area (Å²) in [6.45, 7) is 2.77. The molecule has 1 fully saturated rings. The van der Waals surface area contributed by atoms with Crippen LogP contribution in [-0.4, -0.2) is 33.1 Å². The van der Waals surface area contributed by atoms with Gasteiger partial charge >= 0.3 is 0 Å². The molecule has 0 saturated carbocycles. The molecule has 1 saturated heterocycles. The Kier molecular flexibility index (Phi) is 10.2. The largest absolute Gasteiger partial charge is 0.377 e. The molecule has 0 aromatic heterocycles. The van der Waals surface area contributed by atoms with Gasteiger partial charge in [0.15, 0.2) is 0 Å². The summed E-state index contributed by atoms with van der Waals surface area (Å²) in [4.78, 5) is 14.0. The highest BCUT2D eigenvalue weighted by atomic mass is 35.5. The molecule has 0 bridgehead atoms. The zero-order valence-electron chi connectivity index (χ0n) is 13.3. The molecule has 4 nitrogen and oxygen atoms in total. The number of nitrogens with zero attached hydrogens (tertiary/aromatic N) is 1. The number of halogens is 2. The first-order valence-electron chi connectivity index (χ1n) is 7.39. The van der Waals surface area contributed by atoms with E-state index in [2.05, 4.69) is 27.7 Å². The fourth-order valence-corrected chi connectivity index (χ4v) is 2.67. The predicted octanol–water partition coefficient (Wildman–Crippen LogP) is 2.60. The molecular formula is C16H27Cl2N3O. The van der Waals surface area contributed by atoms with Gasteiger partial charge in [-0.05, 0) is 43.5 Å². The van der Waals surface area contributed by atoms with Gasteiger partial charge < -0.3 is 15.5 Å². The van der Waals surface area contributed by atoms with Gasteiger partial charge in [-0.3, -0.25) is 4.79 Å². The summed E-state index contributed by atoms with van der Waals surface area (Å²) in [6.07, 6.45) is 2.83. The summed E-state index contributed by atoms with van der Waals surface area (Å²) < 4.78 is 0. The lowest BCUT2D eigenvalue weighted by Crippen LogP contribution is -2.24. The molecule has 1 amide bonds. The summed E-state index contributed by atoms with van der Waals surface area (Å²) in [5.41, 5.74) is 2.32. The van der Waals surface area contributed by atoms with E-state index in [1.54, 1.807) is 0 Å². The van der Waals surface area contributed by atoms with Gasteiger partial charge in [-0.25, -0.2) is 0 Å². The number of rotatable bonds is 6. The monoisotopic (exact) mass is 347 g/mol. The second-order valence-corrected chi connectivity index (χ2v) is 5.70. The smallest absolute Gasteiger partial charge is 0.220 e. The highest BCUT2D eigenvalue weighted by Crippen LogP contribution is 2.18. The first-order valence-corrected chi connectivity index (χ1v) is 7.39. The average molecular weight is 348 g/mol. The van der Waals surface area contributed by atoms with Gasteiger partial charge in [0.1, 0.15) is 0 Å². The topological polar surface area (TPSA) is 44.4 Å². The second-order valence-electron chi connectivity index (χ2n) is 5.70. The van der Waals surface area contributed by atoms with Crippen LogP contribution in [0.15, 0.2) is 24.3 Å². The third kappa shape index (κ3) is 6.42. The third-order valence-corrected chi connectivity index (χ3v) is 3.89. The molecule has 1 aromatic rings. The molecular weight excluding hydrogens is 321 g/mol. The summed E-state index contributed by atoms with van der Waals surface area (Å²) in [5.74, 6) is 0.834. The van der Waals surface area contributed by atoms with Crippen molar-refractivity contribution in [2.45, 2.75) is 25.8 Å². The molecule has 6 heteroatoms. The van der Waals surface area contributed by atoms with Crippen molar-refractivity contribution >= 4 is 36.4 Å². The van der Waals surface area contributed by atoms with Crippen LogP contribution >= 0.6 is 24.8 Å². The van der Waals surface area contributed by atoms with E-state index in [9.17, 15) is 4.79 Å². The number of benzene rings is 1. The Morgan fingerprint density at radius 1 is 1.32 bits per heavy atom. The Bertz CT molecular complexity index is 449. The van der Waals surface area contributed by atoms with Crippen LogP contribution in [0, 0.1) is 5.92 Å². The predicted molar refractivity (Wildman–Crippen MR) is 97.3 cm³/mol. The number of amides is 1. The number of hydrogen-bond acceptors (Lipinski definition) is 3. The summed E-state index contributed by atoms with van der Waals surface area (Å²) in [6, 6.07) is 8.18. The summed E-state index contributed by atoms with van der Waals surface area (Å²) in [7, 11) is 4.04. The van der Waals surface area contributed by atoms with Gasteiger partial charge in [-0.1, -0.05) is 18.2 Å². The highest BCUT2D eigenvalue weighted by molar-refractivity contribution is 5.85. The van der Waals surface area contributed by atoms with E-state index >= 15 is 0 Å². The Hall–Kier alpha value is -0.970. The zero-order chi connectivity index (χ0) is 14.4. The molecule has 0 aliphatic carbocycles. The van der Waals surface area contributed by atoms with Gasteiger partial charge in [0.2, 0.25) is 5.91 Å². The molecule has 0 spiro atoms. The number of carbonyl (C=O) groups excluding carboxylic acids is 1. The lowest BCUT2D eigenvalue weighted by atomic mass is 10.0. The van der Waals surface area contributed by atoms with Crippen LogP contribution in [0.4, 0.5) is 5.69 Å². The van der Waals surface area contributed by atoms with Crippen molar-refractivity contribution in [1.82, 2.24) is 10.6 Å². The SMILES string of the molecule is CN(C)c1ccccc1CNC(=O)CCC1CCNC1.Cl.Cl. The fourth-order valence-electron chi connectivity index (χ4n) is 2.67. The van der Waals surface area contributed by atoms with E-state index in [4.69, 9.17) is 0 Å². The third-order valence-electron chi connectivity index (χ3n) is 3.89. The minimum Gasteiger partial charge on any atom is -0.377 e. The maximum absolute atomic E-state index is 11.9. The normalized spacial score (nSPS) is 16.4. The number of anilines is 1. The zero-order valence-corrected chi connectivity index (χ0v) is 14.9. The van der Waals surface area contributed by atoms with Crippen molar-refractivity contribution in [3.05, 3.63) is 29.8 Å². The molecule has 1 aliphatic heterocycles. The highest BCUT2D eigenvalue weighted by Gasteiger charge is 2.15. The first-order chi connectivity index (χ1) is 9.66. The fraction of sp³-hybridized carbons (Fsp3) is 0.562. The molecule has 2 rings (SSSR count). The number of nitrogens with one attached hydrogen (secondary N) is 2. The van der Waals surface area contributed by atoms with Gasteiger partial charge in [-0.15, -0.1) is 24.8 Å². The lowest BCUT2D eigenvalue weighted by molar-refractivity contribution is -0.121. The number of carbonyl (C=O) groups is 1. The lowest BCUT2D eigenvalue weighted by Gasteiger charge is -2.17. The van der Waals surface area contributed by atoms with Crippen LogP contribution in [0.5, 0.6) is 0 Å². The molecule has 1 heterocycles. The van der Waals surface area contributed by atoms with E-state index in [-0.39, 0.29) is 30.7 Å². The number of para-hydroxylation sites is 1. The van der Waals surface area contributed by atoms with Crippen LogP contribution in [0.25, 0.3) is 0 Å². The van der Waals surface area contributed by atoms with Gasteiger partial charge in [0.05, 0.1) is 0 Å². The van der Waals surface area contributed by atoms with Crippen molar-refractivity contribution in [3.8, 4) is 0 Å². The molecule has 2 N–H and O–H groups in total. The Labute approximate surface area is 145 Å². The molecule has 0 radical (unpaired) electrons. The van der Waals surface area contributed by atoms with Gasteiger partial charge in [-0.2, -0.15) is 0 Å². The number of hydrogen-bond donors (Lipinski definition) is 2. The van der Waals surface area contributed by atoms with Gasteiger partial charge in [0, 0.05) is 32.7 Å². The molecule has 22 heavy (non-hydrogen) atoms. The van der Waals surface area contributed by atoms with Crippen molar-refractivity contribution in [3.63, 3.8) is 0 Å². The first kappa shape index (κ1) is 21.0. The quantitative estimate of drug-likeness (QED) is 0.831. The maximum atomic E-state index is 11.9. The van der Waals surface area contributed by atoms with Crippen molar-refractivity contribution in [1.29, 1.82) is 0 Å². The summed E-state index contributed by atoms with van der Waals surface area (Å²) >= 11 is 0. The van der Waals surface area contributed by atoms with Crippen LogP contribution in [0.1, 0.15) is 24.8 Å². The van der Waals surface area contributed by atoms with E-state index in [0.29, 0.717) is 18.9 Å². The van der Waals surface area contributed by atoms with E-state index in [1.807, 2.05) is 26.2 Å². The van der Waals surface area contributed by atoms with Crippen LogP contribution in [0.3, 0.4) is 0 Å². The van der Waals surface area contributed by atoms with E-state index in [1.165, 1.54) is 6.42 Å². The van der Waals surface area contributed by atoms with E-state index in [0.717, 1.165) is 30.8 Å². The van der Waals surface area contributed by atoms with Crippen molar-refractivity contribution in [2.24, 2.45) is 5.92 Å². The Morgan fingerprint density at radius 3 is 2.68 bits per heavy atom. The molecule has 1 unspecified atom stereocenters. The Morgan fingerprint density at radius 2 is 2.05 bits per heavy atom. The molecule has 1 atom stereocenters. The Balaban J connectivity index is 0.00000220. The minimum atomic E-state index is 0. The minimum absolute atomic E-state index is 0. The van der Waals surface area contributed by atoms with Crippen LogP contribution in [-0.2, 0) is 11.3 Å². The maximum Gasteiger partial charge on any atom is 0.220 e.